The van der Waals surface area contributed by atoms with Crippen molar-refractivity contribution in [1.29, 1.82) is 0 Å². The number of hydroxylamine groups is 3. The molecule has 4 atom stereocenters. The van der Waals surface area contributed by atoms with Gasteiger partial charge in [0.1, 0.15) is 12.6 Å². The van der Waals surface area contributed by atoms with Gasteiger partial charge in [-0.2, -0.15) is 5.06 Å². The maximum absolute atomic E-state index is 12.8. The highest BCUT2D eigenvalue weighted by Gasteiger charge is 2.48. The SMILES string of the molecule is CCC(C)C(CC)CONC(=O)C1CCC2CN1C(=O)N2OCc1ccccc1. The van der Waals surface area contributed by atoms with Crippen LogP contribution in [-0.4, -0.2) is 47.1 Å². The Bertz CT molecular complexity index is 684. The van der Waals surface area contributed by atoms with E-state index in [0.29, 0.717) is 38.0 Å². The van der Waals surface area contributed by atoms with Crippen molar-refractivity contribution in [3.05, 3.63) is 35.9 Å². The first-order chi connectivity index (χ1) is 14.0. The molecule has 1 N–H and O–H groups in total. The molecule has 2 saturated heterocycles. The van der Waals surface area contributed by atoms with E-state index in [0.717, 1.165) is 24.8 Å². The van der Waals surface area contributed by atoms with E-state index in [4.69, 9.17) is 9.68 Å². The first-order valence-corrected chi connectivity index (χ1v) is 10.7. The van der Waals surface area contributed by atoms with Crippen LogP contribution in [0.3, 0.4) is 0 Å². The summed E-state index contributed by atoms with van der Waals surface area (Å²) in [5.41, 5.74) is 3.59. The Morgan fingerprint density at radius 1 is 1.21 bits per heavy atom. The number of hydrogen-bond donors (Lipinski definition) is 1. The number of fused-ring (bicyclic) bond motifs is 2. The van der Waals surface area contributed by atoms with Crippen molar-refractivity contribution >= 4 is 11.9 Å². The Hall–Kier alpha value is -2.12. The molecule has 4 unspecified atom stereocenters. The van der Waals surface area contributed by atoms with Gasteiger partial charge in [-0.05, 0) is 30.2 Å². The summed E-state index contributed by atoms with van der Waals surface area (Å²) >= 11 is 0. The average Bonchev–Trinajstić information content (AvgIpc) is 2.99. The molecule has 2 bridgehead atoms. The fourth-order valence-electron chi connectivity index (χ4n) is 4.09. The van der Waals surface area contributed by atoms with Crippen LogP contribution < -0.4 is 5.48 Å². The van der Waals surface area contributed by atoms with E-state index in [1.165, 1.54) is 5.06 Å². The largest absolute Gasteiger partial charge is 0.345 e. The Kier molecular flexibility index (Phi) is 7.50. The van der Waals surface area contributed by atoms with Crippen molar-refractivity contribution in [2.75, 3.05) is 13.2 Å². The van der Waals surface area contributed by atoms with Crippen LogP contribution in [0.5, 0.6) is 0 Å². The average molecular weight is 404 g/mol. The van der Waals surface area contributed by atoms with Gasteiger partial charge < -0.3 is 4.90 Å². The molecule has 3 amide bonds. The van der Waals surface area contributed by atoms with Crippen LogP contribution in [0.4, 0.5) is 4.79 Å². The minimum atomic E-state index is -0.507. The van der Waals surface area contributed by atoms with Gasteiger partial charge in [-0.1, -0.05) is 63.9 Å². The van der Waals surface area contributed by atoms with Crippen molar-refractivity contribution < 1.29 is 19.3 Å². The highest BCUT2D eigenvalue weighted by Crippen LogP contribution is 2.30. The molecule has 0 aromatic heterocycles. The molecule has 0 aliphatic carbocycles. The van der Waals surface area contributed by atoms with Crippen molar-refractivity contribution in [3.8, 4) is 0 Å². The van der Waals surface area contributed by atoms with Crippen LogP contribution in [0.1, 0.15) is 52.0 Å². The topological polar surface area (TPSA) is 71.1 Å². The number of carbonyl (C=O) groups excluding carboxylic acids is 2. The van der Waals surface area contributed by atoms with Gasteiger partial charge in [-0.25, -0.2) is 10.3 Å². The second-order valence-corrected chi connectivity index (χ2v) is 8.10. The molecule has 29 heavy (non-hydrogen) atoms. The molecule has 2 aliphatic rings. The van der Waals surface area contributed by atoms with Gasteiger partial charge in [0.05, 0.1) is 12.6 Å². The minimum absolute atomic E-state index is 0.00828. The normalized spacial score (nSPS) is 23.2. The fourth-order valence-corrected chi connectivity index (χ4v) is 4.09. The third-order valence-corrected chi connectivity index (χ3v) is 6.28. The van der Waals surface area contributed by atoms with Crippen molar-refractivity contribution in [2.45, 2.75) is 65.1 Å². The van der Waals surface area contributed by atoms with Gasteiger partial charge in [0.25, 0.3) is 5.91 Å². The summed E-state index contributed by atoms with van der Waals surface area (Å²) in [4.78, 5) is 38.3. The Labute approximate surface area is 173 Å². The van der Waals surface area contributed by atoms with E-state index < -0.39 is 6.04 Å². The predicted octanol–water partition coefficient (Wildman–Crippen LogP) is 3.51. The van der Waals surface area contributed by atoms with Crippen LogP contribution in [-0.2, 0) is 21.1 Å². The number of rotatable bonds is 10. The van der Waals surface area contributed by atoms with Crippen molar-refractivity contribution in [2.24, 2.45) is 11.8 Å². The summed E-state index contributed by atoms with van der Waals surface area (Å²) in [6.45, 7) is 7.84. The molecule has 1 aromatic rings. The molecule has 2 fully saturated rings. The van der Waals surface area contributed by atoms with Crippen LogP contribution in [0.2, 0.25) is 0 Å². The molecule has 1 aromatic carbocycles. The van der Waals surface area contributed by atoms with E-state index in [-0.39, 0.29) is 18.0 Å². The molecule has 7 heteroatoms. The molecule has 2 aliphatic heterocycles. The van der Waals surface area contributed by atoms with Crippen LogP contribution >= 0.6 is 0 Å². The molecule has 0 saturated carbocycles. The van der Waals surface area contributed by atoms with Crippen molar-refractivity contribution in [1.82, 2.24) is 15.4 Å². The number of amides is 3. The molecule has 2 heterocycles. The first-order valence-electron chi connectivity index (χ1n) is 10.7. The van der Waals surface area contributed by atoms with E-state index in [9.17, 15) is 9.59 Å². The zero-order valence-electron chi connectivity index (χ0n) is 17.7. The highest BCUT2D eigenvalue weighted by atomic mass is 16.7. The second kappa shape index (κ2) is 10.1. The standard InChI is InChI=1S/C22H33N3O4/c1-4-16(3)18(5-2)15-28-23-21(26)20-12-11-19-13-24(20)22(27)25(19)29-14-17-9-7-6-8-10-17/h6-10,16,18-20H,4-5,11-15H2,1-3H3,(H,23,26). The fraction of sp³-hybridized carbons (Fsp3) is 0.636. The number of carbonyl (C=O) groups is 2. The van der Waals surface area contributed by atoms with Gasteiger partial charge in [0.2, 0.25) is 0 Å². The van der Waals surface area contributed by atoms with Crippen LogP contribution in [0, 0.1) is 11.8 Å². The predicted molar refractivity (Wildman–Crippen MR) is 109 cm³/mol. The van der Waals surface area contributed by atoms with Gasteiger partial charge in [0.15, 0.2) is 0 Å². The minimum Gasteiger partial charge on any atom is -0.309 e. The Morgan fingerprint density at radius 2 is 1.97 bits per heavy atom. The summed E-state index contributed by atoms with van der Waals surface area (Å²) in [6.07, 6.45) is 3.44. The Balaban J connectivity index is 1.50. The summed E-state index contributed by atoms with van der Waals surface area (Å²) in [5.74, 6) is 0.704. The lowest BCUT2D eigenvalue weighted by atomic mass is 9.90. The van der Waals surface area contributed by atoms with E-state index in [1.807, 2.05) is 30.3 Å². The molecular weight excluding hydrogens is 370 g/mol. The van der Waals surface area contributed by atoms with Gasteiger partial charge in [-0.3, -0.25) is 14.5 Å². The zero-order valence-corrected chi connectivity index (χ0v) is 17.7. The number of benzene rings is 1. The monoisotopic (exact) mass is 403 g/mol. The Morgan fingerprint density at radius 3 is 2.66 bits per heavy atom. The third kappa shape index (κ3) is 5.08. The van der Waals surface area contributed by atoms with Crippen LogP contribution in [0.25, 0.3) is 0 Å². The quantitative estimate of drug-likeness (QED) is 0.607. The van der Waals surface area contributed by atoms with Gasteiger partial charge in [0, 0.05) is 6.54 Å². The smallest absolute Gasteiger partial charge is 0.309 e. The molecule has 0 radical (unpaired) electrons. The second-order valence-electron chi connectivity index (χ2n) is 8.10. The van der Waals surface area contributed by atoms with Gasteiger partial charge >= 0.3 is 6.03 Å². The maximum atomic E-state index is 12.8. The van der Waals surface area contributed by atoms with Crippen molar-refractivity contribution in [3.63, 3.8) is 0 Å². The maximum Gasteiger partial charge on any atom is 0.345 e. The molecule has 7 nitrogen and oxygen atoms in total. The highest BCUT2D eigenvalue weighted by molar-refractivity contribution is 5.88. The molecular formula is C22H33N3O4. The summed E-state index contributed by atoms with van der Waals surface area (Å²) in [7, 11) is 0. The number of nitrogens with zero attached hydrogens (tertiary/aromatic N) is 2. The molecule has 3 rings (SSSR count). The van der Waals surface area contributed by atoms with E-state index >= 15 is 0 Å². The van der Waals surface area contributed by atoms with E-state index in [2.05, 4.69) is 26.3 Å². The van der Waals surface area contributed by atoms with Crippen LogP contribution in [0.15, 0.2) is 30.3 Å². The first kappa shape index (κ1) is 21.6. The lowest BCUT2D eigenvalue weighted by molar-refractivity contribution is -0.141. The number of piperidine rings is 1. The lowest BCUT2D eigenvalue weighted by Gasteiger charge is -2.29. The zero-order chi connectivity index (χ0) is 20.8. The van der Waals surface area contributed by atoms with Gasteiger partial charge in [-0.15, -0.1) is 0 Å². The molecule has 0 spiro atoms. The van der Waals surface area contributed by atoms with E-state index in [1.54, 1.807) is 4.90 Å². The summed E-state index contributed by atoms with van der Waals surface area (Å²) < 4.78 is 0. The number of hydrogen-bond acceptors (Lipinski definition) is 4. The number of nitrogens with one attached hydrogen (secondary N) is 1. The lowest BCUT2D eigenvalue weighted by Crippen LogP contribution is -2.50. The molecule has 160 valence electrons. The summed E-state index contributed by atoms with van der Waals surface area (Å²) in [5, 5.41) is 1.44. The summed E-state index contributed by atoms with van der Waals surface area (Å²) in [6, 6.07) is 9.00. The third-order valence-electron chi connectivity index (χ3n) is 6.28. The number of urea groups is 1.